The van der Waals surface area contributed by atoms with Gasteiger partial charge in [0.2, 0.25) is 10.0 Å². The summed E-state index contributed by atoms with van der Waals surface area (Å²) in [6.07, 6.45) is -0.328. The smallest absolute Gasteiger partial charge is 0.417 e. The number of nitrogens with zero attached hydrogens (tertiary/aromatic N) is 1. The lowest BCUT2D eigenvalue weighted by Crippen LogP contribution is -2.26. The second-order valence-corrected chi connectivity index (χ2v) is 7.11. The Morgan fingerprint density at radius 3 is 2.54 bits per heavy atom. The van der Waals surface area contributed by atoms with E-state index in [9.17, 15) is 21.6 Å². The minimum atomic E-state index is -4.77. The average Bonchev–Trinajstić information content (AvgIpc) is 3.14. The minimum Gasteiger partial charge on any atom is -0.464 e. The molecular weight excluding hydrogens is 369 g/mol. The van der Waals surface area contributed by atoms with Gasteiger partial charge in [-0.2, -0.15) is 13.2 Å². The Hall–Kier alpha value is -2.65. The Balaban J connectivity index is 1.83. The van der Waals surface area contributed by atoms with E-state index in [2.05, 4.69) is 9.71 Å². The van der Waals surface area contributed by atoms with E-state index in [1.807, 2.05) is 0 Å². The molecule has 2 aromatic heterocycles. The van der Waals surface area contributed by atoms with Crippen molar-refractivity contribution in [2.24, 2.45) is 0 Å². The van der Waals surface area contributed by atoms with E-state index in [1.54, 1.807) is 18.2 Å². The zero-order valence-corrected chi connectivity index (χ0v) is 14.0. The third-order valence-corrected chi connectivity index (χ3v) is 5.01. The van der Waals surface area contributed by atoms with Crippen LogP contribution in [0.3, 0.4) is 0 Å². The number of halogens is 3. The standard InChI is InChI=1S/C17H13F3N2O3S/c18-17(19,20)14-4-1-2-6-16(14)26(23,24)22-10-12-8-13(11-21-9-12)15-5-3-7-25-15/h1-9,11,22H,10H2. The van der Waals surface area contributed by atoms with E-state index in [-0.39, 0.29) is 6.54 Å². The summed E-state index contributed by atoms with van der Waals surface area (Å²) in [5, 5.41) is 0. The maximum absolute atomic E-state index is 13.0. The van der Waals surface area contributed by atoms with Crippen LogP contribution in [0.4, 0.5) is 13.2 Å². The zero-order valence-electron chi connectivity index (χ0n) is 13.2. The van der Waals surface area contributed by atoms with Crippen molar-refractivity contribution >= 4 is 10.0 Å². The number of pyridine rings is 1. The summed E-state index contributed by atoms with van der Waals surface area (Å²) in [4.78, 5) is 3.18. The van der Waals surface area contributed by atoms with Gasteiger partial charge in [-0.15, -0.1) is 0 Å². The van der Waals surface area contributed by atoms with E-state index in [0.717, 1.165) is 18.2 Å². The highest BCUT2D eigenvalue weighted by Gasteiger charge is 2.36. The summed E-state index contributed by atoms with van der Waals surface area (Å²) >= 11 is 0. The van der Waals surface area contributed by atoms with Gasteiger partial charge >= 0.3 is 6.18 Å². The zero-order chi connectivity index (χ0) is 18.8. The van der Waals surface area contributed by atoms with Crippen molar-refractivity contribution < 1.29 is 26.0 Å². The molecule has 26 heavy (non-hydrogen) atoms. The summed E-state index contributed by atoms with van der Waals surface area (Å²) in [5.41, 5.74) is -0.107. The van der Waals surface area contributed by atoms with Crippen LogP contribution in [0.5, 0.6) is 0 Å². The molecule has 9 heteroatoms. The largest absolute Gasteiger partial charge is 0.464 e. The molecule has 1 N–H and O–H groups in total. The first-order chi connectivity index (χ1) is 12.3. The molecule has 0 spiro atoms. The maximum atomic E-state index is 13.0. The van der Waals surface area contributed by atoms with Crippen LogP contribution in [0.1, 0.15) is 11.1 Å². The van der Waals surface area contributed by atoms with Crippen LogP contribution in [0, 0.1) is 0 Å². The molecule has 0 bridgehead atoms. The Morgan fingerprint density at radius 1 is 1.08 bits per heavy atom. The Bertz CT molecular complexity index is 1000. The van der Waals surface area contributed by atoms with Gasteiger partial charge in [0.05, 0.1) is 16.7 Å². The highest BCUT2D eigenvalue weighted by Crippen LogP contribution is 2.33. The van der Waals surface area contributed by atoms with Crippen LogP contribution in [0.25, 0.3) is 11.3 Å². The summed E-state index contributed by atoms with van der Waals surface area (Å²) < 4.78 is 71.2. The topological polar surface area (TPSA) is 72.2 Å². The van der Waals surface area contributed by atoms with Crippen molar-refractivity contribution in [3.05, 3.63) is 72.2 Å². The molecule has 0 atom stereocenters. The van der Waals surface area contributed by atoms with Crippen molar-refractivity contribution in [3.63, 3.8) is 0 Å². The molecule has 0 radical (unpaired) electrons. The van der Waals surface area contributed by atoms with Gasteiger partial charge in [-0.25, -0.2) is 13.1 Å². The van der Waals surface area contributed by atoms with Gasteiger partial charge in [-0.3, -0.25) is 4.98 Å². The molecule has 0 unspecified atom stereocenters. The molecule has 0 saturated heterocycles. The number of nitrogens with one attached hydrogen (secondary N) is 1. The van der Waals surface area contributed by atoms with E-state index in [1.165, 1.54) is 24.7 Å². The maximum Gasteiger partial charge on any atom is 0.417 e. The molecule has 0 amide bonds. The highest BCUT2D eigenvalue weighted by molar-refractivity contribution is 7.89. The highest BCUT2D eigenvalue weighted by atomic mass is 32.2. The number of aromatic nitrogens is 1. The molecule has 3 rings (SSSR count). The van der Waals surface area contributed by atoms with E-state index < -0.39 is 26.7 Å². The van der Waals surface area contributed by atoms with Crippen LogP contribution >= 0.6 is 0 Å². The molecule has 136 valence electrons. The Kier molecular flexibility index (Phi) is 4.84. The number of hydrogen-bond donors (Lipinski definition) is 1. The van der Waals surface area contributed by atoms with Crippen molar-refractivity contribution in [3.8, 4) is 11.3 Å². The monoisotopic (exact) mass is 382 g/mol. The molecule has 0 saturated carbocycles. The second-order valence-electron chi connectivity index (χ2n) is 5.38. The fraction of sp³-hybridized carbons (Fsp3) is 0.118. The first kappa shape index (κ1) is 18.2. The second kappa shape index (κ2) is 6.93. The lowest BCUT2D eigenvalue weighted by Gasteiger charge is -2.13. The quantitative estimate of drug-likeness (QED) is 0.728. The molecule has 2 heterocycles. The summed E-state index contributed by atoms with van der Waals surface area (Å²) in [6, 6.07) is 9.07. The van der Waals surface area contributed by atoms with Crippen LogP contribution < -0.4 is 4.72 Å². The number of alkyl halides is 3. The number of sulfonamides is 1. The van der Waals surface area contributed by atoms with E-state index in [0.29, 0.717) is 16.9 Å². The van der Waals surface area contributed by atoms with Gasteiger partial charge in [0, 0.05) is 24.5 Å². The first-order valence-corrected chi connectivity index (χ1v) is 8.89. The van der Waals surface area contributed by atoms with Gasteiger partial charge in [0.15, 0.2) is 0 Å². The van der Waals surface area contributed by atoms with Crippen molar-refractivity contribution in [2.75, 3.05) is 0 Å². The molecule has 0 fully saturated rings. The van der Waals surface area contributed by atoms with Gasteiger partial charge in [0.25, 0.3) is 0 Å². The van der Waals surface area contributed by atoms with Gasteiger partial charge in [-0.05, 0) is 35.9 Å². The van der Waals surface area contributed by atoms with Gasteiger partial charge in [-0.1, -0.05) is 12.1 Å². The fourth-order valence-corrected chi connectivity index (χ4v) is 3.60. The molecular formula is C17H13F3N2O3S. The van der Waals surface area contributed by atoms with Crippen LogP contribution in [-0.2, 0) is 22.7 Å². The Morgan fingerprint density at radius 2 is 1.85 bits per heavy atom. The average molecular weight is 382 g/mol. The minimum absolute atomic E-state index is 0.212. The van der Waals surface area contributed by atoms with Crippen LogP contribution in [0.15, 0.2) is 70.4 Å². The van der Waals surface area contributed by atoms with E-state index >= 15 is 0 Å². The molecule has 1 aromatic carbocycles. The number of hydrogen-bond acceptors (Lipinski definition) is 4. The molecule has 0 aliphatic rings. The molecule has 0 aliphatic carbocycles. The van der Waals surface area contributed by atoms with Crippen LogP contribution in [-0.4, -0.2) is 13.4 Å². The number of rotatable bonds is 5. The molecule has 5 nitrogen and oxygen atoms in total. The van der Waals surface area contributed by atoms with Gasteiger partial charge < -0.3 is 4.42 Å². The molecule has 3 aromatic rings. The van der Waals surface area contributed by atoms with E-state index in [4.69, 9.17) is 4.42 Å². The number of furan rings is 1. The summed E-state index contributed by atoms with van der Waals surface area (Å²) in [5.74, 6) is 0.546. The third-order valence-electron chi connectivity index (χ3n) is 3.55. The van der Waals surface area contributed by atoms with Crippen LogP contribution in [0.2, 0.25) is 0 Å². The lowest BCUT2D eigenvalue weighted by molar-refractivity contribution is -0.139. The van der Waals surface area contributed by atoms with Crippen molar-refractivity contribution in [2.45, 2.75) is 17.6 Å². The summed E-state index contributed by atoms with van der Waals surface area (Å²) in [7, 11) is -4.36. The summed E-state index contributed by atoms with van der Waals surface area (Å²) in [6.45, 7) is -0.212. The first-order valence-electron chi connectivity index (χ1n) is 7.41. The third kappa shape index (κ3) is 3.94. The predicted molar refractivity (Wildman–Crippen MR) is 87.4 cm³/mol. The predicted octanol–water partition coefficient (Wildman–Crippen LogP) is 3.84. The SMILES string of the molecule is O=S(=O)(NCc1cncc(-c2ccco2)c1)c1ccccc1C(F)(F)F. The lowest BCUT2D eigenvalue weighted by atomic mass is 10.2. The van der Waals surface area contributed by atoms with Crippen molar-refractivity contribution in [1.29, 1.82) is 0 Å². The molecule has 0 aliphatic heterocycles. The normalized spacial score (nSPS) is 12.3. The van der Waals surface area contributed by atoms with Gasteiger partial charge in [0.1, 0.15) is 5.76 Å². The fourth-order valence-electron chi connectivity index (χ4n) is 2.35. The van der Waals surface area contributed by atoms with Crippen molar-refractivity contribution in [1.82, 2.24) is 9.71 Å². The Labute approximate surface area is 147 Å². The number of benzene rings is 1.